The van der Waals surface area contributed by atoms with E-state index in [0.29, 0.717) is 6.61 Å². The lowest BCUT2D eigenvalue weighted by Gasteiger charge is -2.19. The van der Waals surface area contributed by atoms with Gasteiger partial charge in [0.1, 0.15) is 11.4 Å². The lowest BCUT2D eigenvalue weighted by molar-refractivity contribution is -0.155. The van der Waals surface area contributed by atoms with Gasteiger partial charge in [0.25, 0.3) is 0 Å². The fourth-order valence-electron chi connectivity index (χ4n) is 1.42. The van der Waals surface area contributed by atoms with Crippen LogP contribution in [0.25, 0.3) is 6.08 Å². The molecule has 18 heavy (non-hydrogen) atoms. The Bertz CT molecular complexity index is 416. The zero-order valence-electron chi connectivity index (χ0n) is 11.2. The van der Waals surface area contributed by atoms with Crippen LogP contribution in [0.5, 0.6) is 5.75 Å². The van der Waals surface area contributed by atoms with Gasteiger partial charge in [-0.15, -0.1) is 0 Å². The Balaban J connectivity index is 2.42. The normalized spacial score (nSPS) is 10.8. The highest BCUT2D eigenvalue weighted by Crippen LogP contribution is 2.19. The first kappa shape index (κ1) is 14.3. The Morgan fingerprint density at radius 2 is 2.00 bits per heavy atom. The first-order valence-electron chi connectivity index (χ1n) is 5.98. The summed E-state index contributed by atoms with van der Waals surface area (Å²) in [5, 5.41) is 0. The zero-order valence-corrected chi connectivity index (χ0v) is 11.2. The van der Waals surface area contributed by atoms with Crippen LogP contribution in [0.2, 0.25) is 0 Å². The molecule has 0 saturated carbocycles. The summed E-state index contributed by atoms with van der Waals surface area (Å²) in [5.74, 6) is 0.481. The minimum absolute atomic E-state index is 0.239. The summed E-state index contributed by atoms with van der Waals surface area (Å²) in [7, 11) is 0. The molecule has 0 saturated heterocycles. The summed E-state index contributed by atoms with van der Waals surface area (Å²) in [6, 6.07) is 7.56. The van der Waals surface area contributed by atoms with E-state index >= 15 is 0 Å². The summed E-state index contributed by atoms with van der Waals surface area (Å²) >= 11 is 0. The van der Waals surface area contributed by atoms with Crippen molar-refractivity contribution in [2.75, 3.05) is 6.61 Å². The van der Waals surface area contributed by atoms with E-state index in [2.05, 4.69) is 6.58 Å². The molecule has 0 atom stereocenters. The van der Waals surface area contributed by atoms with Crippen LogP contribution in [-0.2, 0) is 9.53 Å². The molecule has 1 aromatic carbocycles. The molecule has 0 radical (unpaired) electrons. The predicted octanol–water partition coefficient (Wildman–Crippen LogP) is 3.44. The van der Waals surface area contributed by atoms with Gasteiger partial charge in [-0.05, 0) is 26.8 Å². The van der Waals surface area contributed by atoms with Crippen molar-refractivity contribution in [3.63, 3.8) is 0 Å². The Hall–Kier alpha value is -1.77. The molecule has 0 aliphatic rings. The first-order valence-corrected chi connectivity index (χ1v) is 5.98. The largest absolute Gasteiger partial charge is 0.492 e. The summed E-state index contributed by atoms with van der Waals surface area (Å²) in [6.07, 6.45) is 1.96. The minimum atomic E-state index is -0.448. The molecular weight excluding hydrogens is 228 g/mol. The van der Waals surface area contributed by atoms with Crippen LogP contribution < -0.4 is 4.74 Å². The lowest BCUT2D eigenvalue weighted by atomic mass is 10.2. The molecule has 3 nitrogen and oxygen atoms in total. The number of para-hydroxylation sites is 1. The van der Waals surface area contributed by atoms with E-state index in [0.717, 1.165) is 11.3 Å². The molecule has 0 fully saturated rings. The highest BCUT2D eigenvalue weighted by molar-refractivity contribution is 5.70. The van der Waals surface area contributed by atoms with E-state index in [-0.39, 0.29) is 12.4 Å². The van der Waals surface area contributed by atoms with Gasteiger partial charge in [0.05, 0.1) is 13.0 Å². The Kier molecular flexibility index (Phi) is 4.95. The van der Waals surface area contributed by atoms with Gasteiger partial charge in [0.2, 0.25) is 0 Å². The van der Waals surface area contributed by atoms with Crippen LogP contribution in [0.1, 0.15) is 32.8 Å². The highest BCUT2D eigenvalue weighted by Gasteiger charge is 2.16. The van der Waals surface area contributed by atoms with Crippen molar-refractivity contribution in [1.82, 2.24) is 0 Å². The molecule has 0 heterocycles. The van der Waals surface area contributed by atoms with Crippen molar-refractivity contribution in [3.05, 3.63) is 36.4 Å². The number of carbonyl (C=O) groups excluding carboxylic acids is 1. The average Bonchev–Trinajstić information content (AvgIpc) is 2.27. The van der Waals surface area contributed by atoms with Crippen LogP contribution in [0.4, 0.5) is 0 Å². The van der Waals surface area contributed by atoms with Crippen LogP contribution in [0.15, 0.2) is 30.8 Å². The van der Waals surface area contributed by atoms with Gasteiger partial charge >= 0.3 is 5.97 Å². The van der Waals surface area contributed by atoms with Gasteiger partial charge in [-0.25, -0.2) is 0 Å². The summed E-state index contributed by atoms with van der Waals surface area (Å²) < 4.78 is 10.7. The molecule has 1 aromatic rings. The van der Waals surface area contributed by atoms with E-state index < -0.39 is 5.60 Å². The van der Waals surface area contributed by atoms with Gasteiger partial charge in [0, 0.05) is 5.56 Å². The van der Waals surface area contributed by atoms with E-state index in [9.17, 15) is 4.79 Å². The van der Waals surface area contributed by atoms with Crippen molar-refractivity contribution in [2.24, 2.45) is 0 Å². The van der Waals surface area contributed by atoms with E-state index in [1.165, 1.54) is 0 Å². The van der Waals surface area contributed by atoms with Gasteiger partial charge in [-0.3, -0.25) is 4.79 Å². The van der Waals surface area contributed by atoms with Gasteiger partial charge in [0.15, 0.2) is 0 Å². The monoisotopic (exact) mass is 248 g/mol. The van der Waals surface area contributed by atoms with E-state index in [4.69, 9.17) is 9.47 Å². The molecule has 0 aromatic heterocycles. The lowest BCUT2D eigenvalue weighted by Crippen LogP contribution is -2.24. The molecule has 3 heteroatoms. The van der Waals surface area contributed by atoms with Crippen molar-refractivity contribution < 1.29 is 14.3 Å². The number of hydrogen-bond acceptors (Lipinski definition) is 3. The van der Waals surface area contributed by atoms with Crippen molar-refractivity contribution >= 4 is 12.0 Å². The fourth-order valence-corrected chi connectivity index (χ4v) is 1.42. The topological polar surface area (TPSA) is 35.5 Å². The van der Waals surface area contributed by atoms with Crippen LogP contribution in [-0.4, -0.2) is 18.2 Å². The maximum absolute atomic E-state index is 11.5. The molecule has 98 valence electrons. The number of benzene rings is 1. The second-order valence-electron chi connectivity index (χ2n) is 4.93. The summed E-state index contributed by atoms with van der Waals surface area (Å²) in [5.41, 5.74) is 0.470. The highest BCUT2D eigenvalue weighted by atomic mass is 16.6. The third kappa shape index (κ3) is 5.04. The van der Waals surface area contributed by atoms with Crippen molar-refractivity contribution in [3.8, 4) is 5.75 Å². The molecule has 0 unspecified atom stereocenters. The fraction of sp³-hybridized carbons (Fsp3) is 0.400. The minimum Gasteiger partial charge on any atom is -0.492 e. The maximum Gasteiger partial charge on any atom is 0.309 e. The quantitative estimate of drug-likeness (QED) is 0.749. The second-order valence-corrected chi connectivity index (χ2v) is 4.93. The third-order valence-corrected chi connectivity index (χ3v) is 2.12. The Morgan fingerprint density at radius 3 is 2.61 bits per heavy atom. The van der Waals surface area contributed by atoms with E-state index in [1.807, 2.05) is 45.0 Å². The summed E-state index contributed by atoms with van der Waals surface area (Å²) in [4.78, 5) is 11.5. The van der Waals surface area contributed by atoms with Crippen LogP contribution in [0, 0.1) is 0 Å². The number of carbonyl (C=O) groups is 1. The van der Waals surface area contributed by atoms with Gasteiger partial charge in [-0.1, -0.05) is 30.9 Å². The van der Waals surface area contributed by atoms with Crippen LogP contribution >= 0.6 is 0 Å². The molecule has 0 N–H and O–H groups in total. The SMILES string of the molecule is C=Cc1ccccc1OCCC(=O)OC(C)(C)C. The molecule has 0 bridgehead atoms. The molecule has 0 amide bonds. The number of rotatable bonds is 5. The second kappa shape index (κ2) is 6.24. The number of hydrogen-bond donors (Lipinski definition) is 0. The predicted molar refractivity (Wildman–Crippen MR) is 72.5 cm³/mol. The Labute approximate surface area is 108 Å². The van der Waals surface area contributed by atoms with Crippen molar-refractivity contribution in [1.29, 1.82) is 0 Å². The van der Waals surface area contributed by atoms with Gasteiger partial charge < -0.3 is 9.47 Å². The molecule has 1 rings (SSSR count). The maximum atomic E-state index is 11.5. The number of ether oxygens (including phenoxy) is 2. The smallest absolute Gasteiger partial charge is 0.309 e. The third-order valence-electron chi connectivity index (χ3n) is 2.12. The van der Waals surface area contributed by atoms with Crippen LogP contribution in [0.3, 0.4) is 0 Å². The zero-order chi connectivity index (χ0) is 13.6. The number of esters is 1. The average molecular weight is 248 g/mol. The molecular formula is C15H20O3. The Morgan fingerprint density at radius 1 is 1.33 bits per heavy atom. The standard InChI is InChI=1S/C15H20O3/c1-5-12-8-6-7-9-13(12)17-11-10-14(16)18-15(2,3)4/h5-9H,1,10-11H2,2-4H3. The summed E-state index contributed by atoms with van der Waals surface area (Å²) in [6.45, 7) is 9.55. The van der Waals surface area contributed by atoms with Gasteiger partial charge in [-0.2, -0.15) is 0 Å². The molecule has 0 aliphatic heterocycles. The van der Waals surface area contributed by atoms with Crippen molar-refractivity contribution in [2.45, 2.75) is 32.8 Å². The molecule has 0 spiro atoms. The first-order chi connectivity index (χ1) is 8.42. The van der Waals surface area contributed by atoms with E-state index in [1.54, 1.807) is 6.08 Å². The molecule has 0 aliphatic carbocycles.